The van der Waals surface area contributed by atoms with Crippen LogP contribution >= 0.6 is 0 Å². The molecule has 0 saturated heterocycles. The standard InChI is InChI=1S/C15H13F3O3/c1-20-11-4-6-12(7-5-11)21-13-3-2-10(9-19)14(8-13)15(16,17)18/h2-8,19H,9H2,1H3. The van der Waals surface area contributed by atoms with Crippen molar-refractivity contribution in [1.29, 1.82) is 0 Å². The van der Waals surface area contributed by atoms with Crippen LogP contribution in [0.5, 0.6) is 17.2 Å². The maximum absolute atomic E-state index is 12.9. The van der Waals surface area contributed by atoms with Crippen LogP contribution in [0.15, 0.2) is 42.5 Å². The summed E-state index contributed by atoms with van der Waals surface area (Å²) in [5.74, 6) is 1.05. The zero-order valence-electron chi connectivity index (χ0n) is 11.1. The molecule has 1 N–H and O–H groups in total. The molecule has 0 aliphatic rings. The summed E-state index contributed by atoms with van der Waals surface area (Å²) < 4.78 is 49.0. The lowest BCUT2D eigenvalue weighted by molar-refractivity contribution is -0.138. The molecule has 0 bridgehead atoms. The van der Waals surface area contributed by atoms with Crippen molar-refractivity contribution in [3.05, 3.63) is 53.6 Å². The minimum Gasteiger partial charge on any atom is -0.497 e. The molecule has 0 heterocycles. The Labute approximate surface area is 119 Å². The average molecular weight is 298 g/mol. The first-order chi connectivity index (χ1) is 9.94. The topological polar surface area (TPSA) is 38.7 Å². The van der Waals surface area contributed by atoms with Crippen LogP contribution in [0.4, 0.5) is 13.2 Å². The predicted octanol–water partition coefficient (Wildman–Crippen LogP) is 4.00. The lowest BCUT2D eigenvalue weighted by atomic mass is 10.1. The lowest BCUT2D eigenvalue weighted by Gasteiger charge is -2.13. The van der Waals surface area contributed by atoms with E-state index in [-0.39, 0.29) is 11.3 Å². The van der Waals surface area contributed by atoms with E-state index in [2.05, 4.69) is 0 Å². The van der Waals surface area contributed by atoms with E-state index in [1.165, 1.54) is 19.2 Å². The van der Waals surface area contributed by atoms with Crippen molar-refractivity contribution in [2.75, 3.05) is 7.11 Å². The molecule has 0 aliphatic carbocycles. The molecule has 0 saturated carbocycles. The Morgan fingerprint density at radius 2 is 1.52 bits per heavy atom. The molecule has 2 aromatic rings. The molecule has 0 atom stereocenters. The zero-order chi connectivity index (χ0) is 15.5. The summed E-state index contributed by atoms with van der Waals surface area (Å²) in [5.41, 5.74) is -1.10. The summed E-state index contributed by atoms with van der Waals surface area (Å²) in [4.78, 5) is 0. The van der Waals surface area contributed by atoms with Gasteiger partial charge in [0.15, 0.2) is 0 Å². The molecule has 3 nitrogen and oxygen atoms in total. The van der Waals surface area contributed by atoms with Crippen LogP contribution in [0.25, 0.3) is 0 Å². The van der Waals surface area contributed by atoms with Gasteiger partial charge in [0.05, 0.1) is 19.3 Å². The molecule has 0 aromatic heterocycles. The second-order valence-corrected chi connectivity index (χ2v) is 4.25. The third-order valence-electron chi connectivity index (χ3n) is 2.85. The number of methoxy groups -OCH3 is 1. The molecule has 0 amide bonds. The van der Waals surface area contributed by atoms with E-state index in [1.54, 1.807) is 24.3 Å². The van der Waals surface area contributed by atoms with E-state index >= 15 is 0 Å². The van der Waals surface area contributed by atoms with Gasteiger partial charge in [-0.15, -0.1) is 0 Å². The first-order valence-corrected chi connectivity index (χ1v) is 6.07. The van der Waals surface area contributed by atoms with Crippen LogP contribution < -0.4 is 9.47 Å². The Balaban J connectivity index is 2.27. The highest BCUT2D eigenvalue weighted by Crippen LogP contribution is 2.35. The van der Waals surface area contributed by atoms with E-state index < -0.39 is 18.3 Å². The van der Waals surface area contributed by atoms with Crippen LogP contribution in [0.3, 0.4) is 0 Å². The summed E-state index contributed by atoms with van der Waals surface area (Å²) in [7, 11) is 1.51. The van der Waals surface area contributed by atoms with Gasteiger partial charge in [0.25, 0.3) is 0 Å². The highest BCUT2D eigenvalue weighted by molar-refractivity contribution is 5.40. The maximum atomic E-state index is 12.9. The van der Waals surface area contributed by atoms with Crippen molar-refractivity contribution >= 4 is 0 Å². The number of aliphatic hydroxyl groups excluding tert-OH is 1. The largest absolute Gasteiger partial charge is 0.497 e. The fraction of sp³-hybridized carbons (Fsp3) is 0.200. The fourth-order valence-corrected chi connectivity index (χ4v) is 1.80. The molecule has 0 unspecified atom stereocenters. The van der Waals surface area contributed by atoms with E-state index in [0.717, 1.165) is 6.07 Å². The van der Waals surface area contributed by atoms with Gasteiger partial charge in [-0.3, -0.25) is 0 Å². The van der Waals surface area contributed by atoms with Crippen molar-refractivity contribution in [2.45, 2.75) is 12.8 Å². The third kappa shape index (κ3) is 3.66. The summed E-state index contributed by atoms with van der Waals surface area (Å²) in [6.45, 7) is -0.683. The molecule has 112 valence electrons. The first-order valence-electron chi connectivity index (χ1n) is 6.07. The highest BCUT2D eigenvalue weighted by Gasteiger charge is 2.33. The van der Waals surface area contributed by atoms with Gasteiger partial charge in [-0.2, -0.15) is 13.2 Å². The number of benzene rings is 2. The Kier molecular flexibility index (Phi) is 4.37. The second-order valence-electron chi connectivity index (χ2n) is 4.25. The van der Waals surface area contributed by atoms with Gasteiger partial charge in [0.1, 0.15) is 17.2 Å². The SMILES string of the molecule is COc1ccc(Oc2ccc(CO)c(C(F)(F)F)c2)cc1. The van der Waals surface area contributed by atoms with E-state index in [0.29, 0.717) is 11.5 Å². The molecule has 0 radical (unpaired) electrons. The van der Waals surface area contributed by atoms with E-state index in [9.17, 15) is 13.2 Å². The average Bonchev–Trinajstić information content (AvgIpc) is 2.47. The fourth-order valence-electron chi connectivity index (χ4n) is 1.80. The molecule has 21 heavy (non-hydrogen) atoms. The number of ether oxygens (including phenoxy) is 2. The van der Waals surface area contributed by atoms with Gasteiger partial charge in [0, 0.05) is 0 Å². The van der Waals surface area contributed by atoms with Gasteiger partial charge in [-0.25, -0.2) is 0 Å². The minimum atomic E-state index is -4.54. The van der Waals surface area contributed by atoms with Crippen LogP contribution in [0.2, 0.25) is 0 Å². The van der Waals surface area contributed by atoms with Crippen LogP contribution in [-0.2, 0) is 12.8 Å². The van der Waals surface area contributed by atoms with Crippen LogP contribution in [0.1, 0.15) is 11.1 Å². The quantitative estimate of drug-likeness (QED) is 0.927. The first kappa shape index (κ1) is 15.2. The van der Waals surface area contributed by atoms with Crippen molar-refractivity contribution in [3.8, 4) is 17.2 Å². The molecule has 6 heteroatoms. The minimum absolute atomic E-state index is 0.0460. The zero-order valence-corrected chi connectivity index (χ0v) is 11.1. The van der Waals surface area contributed by atoms with Crippen molar-refractivity contribution in [2.24, 2.45) is 0 Å². The van der Waals surface area contributed by atoms with Crippen molar-refractivity contribution in [3.63, 3.8) is 0 Å². The highest BCUT2D eigenvalue weighted by atomic mass is 19.4. The Morgan fingerprint density at radius 3 is 2.05 bits per heavy atom. The Hall–Kier alpha value is -2.21. The number of hydrogen-bond acceptors (Lipinski definition) is 3. The van der Waals surface area contributed by atoms with Crippen molar-refractivity contribution < 1.29 is 27.8 Å². The summed E-state index contributed by atoms with van der Waals surface area (Å²) in [6, 6.07) is 9.91. The summed E-state index contributed by atoms with van der Waals surface area (Å²) >= 11 is 0. The van der Waals surface area contributed by atoms with Gasteiger partial charge in [-0.05, 0) is 42.0 Å². The van der Waals surface area contributed by atoms with E-state index in [4.69, 9.17) is 14.6 Å². The molecule has 2 rings (SSSR count). The monoisotopic (exact) mass is 298 g/mol. The van der Waals surface area contributed by atoms with Crippen LogP contribution in [0, 0.1) is 0 Å². The van der Waals surface area contributed by atoms with E-state index in [1.807, 2.05) is 0 Å². The number of hydrogen-bond donors (Lipinski definition) is 1. The molecule has 2 aromatic carbocycles. The Morgan fingerprint density at radius 1 is 0.952 bits per heavy atom. The van der Waals surface area contributed by atoms with Gasteiger partial charge < -0.3 is 14.6 Å². The van der Waals surface area contributed by atoms with Gasteiger partial charge in [0.2, 0.25) is 0 Å². The number of aliphatic hydroxyl groups is 1. The number of halogens is 3. The summed E-state index contributed by atoms with van der Waals surface area (Å²) in [5, 5.41) is 8.97. The smallest absolute Gasteiger partial charge is 0.416 e. The molecule has 0 aliphatic heterocycles. The number of rotatable bonds is 4. The summed E-state index contributed by atoms with van der Waals surface area (Å²) in [6.07, 6.45) is -4.54. The number of alkyl halides is 3. The Bertz CT molecular complexity index is 607. The van der Waals surface area contributed by atoms with Crippen molar-refractivity contribution in [1.82, 2.24) is 0 Å². The third-order valence-corrected chi connectivity index (χ3v) is 2.85. The lowest BCUT2D eigenvalue weighted by Crippen LogP contribution is -2.09. The molecular weight excluding hydrogens is 285 g/mol. The molecular formula is C15H13F3O3. The van der Waals surface area contributed by atoms with Gasteiger partial charge in [-0.1, -0.05) is 6.07 Å². The normalized spacial score (nSPS) is 11.3. The molecule has 0 fully saturated rings. The van der Waals surface area contributed by atoms with Gasteiger partial charge >= 0.3 is 6.18 Å². The predicted molar refractivity (Wildman–Crippen MR) is 70.4 cm³/mol. The van der Waals surface area contributed by atoms with Crippen LogP contribution in [-0.4, -0.2) is 12.2 Å². The molecule has 0 spiro atoms. The second kappa shape index (κ2) is 6.05. The maximum Gasteiger partial charge on any atom is 0.416 e.